The van der Waals surface area contributed by atoms with Gasteiger partial charge in [0.15, 0.2) is 5.65 Å². The highest BCUT2D eigenvalue weighted by atomic mass is 32.2. The first-order valence-electron chi connectivity index (χ1n) is 9.20. The van der Waals surface area contributed by atoms with E-state index in [9.17, 15) is 8.42 Å². The molecular weight excluding hydrogens is 392 g/mol. The summed E-state index contributed by atoms with van der Waals surface area (Å²) in [5.41, 5.74) is 3.78. The molecular formula is C19H18N6O3S. The van der Waals surface area contributed by atoms with E-state index < -0.39 is 10.0 Å². The van der Waals surface area contributed by atoms with Crippen molar-refractivity contribution < 1.29 is 13.2 Å². The Balaban J connectivity index is 1.70. The van der Waals surface area contributed by atoms with E-state index in [1.165, 1.54) is 12.3 Å². The van der Waals surface area contributed by atoms with Gasteiger partial charge < -0.3 is 4.74 Å². The van der Waals surface area contributed by atoms with Crippen LogP contribution in [0.1, 0.15) is 24.6 Å². The van der Waals surface area contributed by atoms with E-state index in [0.29, 0.717) is 24.4 Å². The van der Waals surface area contributed by atoms with Crippen molar-refractivity contribution in [2.45, 2.75) is 23.7 Å². The third kappa shape index (κ3) is 3.24. The Morgan fingerprint density at radius 2 is 1.86 bits per heavy atom. The molecule has 0 atom stereocenters. The summed E-state index contributed by atoms with van der Waals surface area (Å²) in [6.07, 6.45) is 6.34. The molecule has 9 nitrogen and oxygen atoms in total. The maximum atomic E-state index is 11.7. The summed E-state index contributed by atoms with van der Waals surface area (Å²) in [5.74, 6) is 1.16. The summed E-state index contributed by atoms with van der Waals surface area (Å²) in [4.78, 5) is 8.48. The van der Waals surface area contributed by atoms with Crippen molar-refractivity contribution in [3.05, 3.63) is 48.7 Å². The predicted octanol–water partition coefficient (Wildman–Crippen LogP) is 1.88. The molecule has 0 spiro atoms. The standard InChI is InChI=1S/C19H18N6O3S/c20-29(26,27)15-7-14(9-21-10-15)13-1-2-16-17(8-13)25-18(11-22-16)23-24-19(25)12-3-5-28-6-4-12/h1-2,7-12H,3-6H2,(H2,20,26,27). The van der Waals surface area contributed by atoms with Gasteiger partial charge in [0.25, 0.3) is 0 Å². The Morgan fingerprint density at radius 1 is 1.03 bits per heavy atom. The van der Waals surface area contributed by atoms with Gasteiger partial charge in [-0.05, 0) is 36.6 Å². The molecule has 29 heavy (non-hydrogen) atoms. The summed E-state index contributed by atoms with van der Waals surface area (Å²) in [5, 5.41) is 14.0. The van der Waals surface area contributed by atoms with Crippen LogP contribution in [0.2, 0.25) is 0 Å². The lowest BCUT2D eigenvalue weighted by molar-refractivity contribution is 0.0834. The number of sulfonamides is 1. The van der Waals surface area contributed by atoms with E-state index in [1.807, 2.05) is 22.6 Å². The lowest BCUT2D eigenvalue weighted by Gasteiger charge is -2.20. The van der Waals surface area contributed by atoms with Crippen LogP contribution in [-0.4, -0.2) is 46.2 Å². The number of ether oxygens (including phenoxy) is 1. The molecule has 5 rings (SSSR count). The number of nitrogens with zero attached hydrogens (tertiary/aromatic N) is 5. The Labute approximate surface area is 166 Å². The van der Waals surface area contributed by atoms with E-state index in [-0.39, 0.29) is 10.8 Å². The first kappa shape index (κ1) is 18.1. The summed E-state index contributed by atoms with van der Waals surface area (Å²) >= 11 is 0. The van der Waals surface area contributed by atoms with E-state index in [2.05, 4.69) is 20.2 Å². The number of hydrogen-bond acceptors (Lipinski definition) is 7. The smallest absolute Gasteiger partial charge is 0.239 e. The molecule has 4 aromatic rings. The molecule has 3 aromatic heterocycles. The van der Waals surface area contributed by atoms with Crippen molar-refractivity contribution in [2.24, 2.45) is 5.14 Å². The van der Waals surface area contributed by atoms with Gasteiger partial charge >= 0.3 is 0 Å². The van der Waals surface area contributed by atoms with Crippen molar-refractivity contribution in [2.75, 3.05) is 13.2 Å². The van der Waals surface area contributed by atoms with E-state index >= 15 is 0 Å². The van der Waals surface area contributed by atoms with Crippen molar-refractivity contribution >= 4 is 26.7 Å². The number of hydrogen-bond donors (Lipinski definition) is 1. The largest absolute Gasteiger partial charge is 0.381 e. The minimum Gasteiger partial charge on any atom is -0.381 e. The van der Waals surface area contributed by atoms with Crippen LogP contribution in [0.25, 0.3) is 27.8 Å². The average molecular weight is 410 g/mol. The molecule has 0 unspecified atom stereocenters. The normalized spacial score (nSPS) is 15.9. The van der Waals surface area contributed by atoms with Gasteiger partial charge in [-0.25, -0.2) is 13.6 Å². The number of primary sulfonamides is 1. The van der Waals surface area contributed by atoms with Gasteiger partial charge in [0.1, 0.15) is 10.7 Å². The molecule has 148 valence electrons. The van der Waals surface area contributed by atoms with Crippen molar-refractivity contribution in [1.29, 1.82) is 0 Å². The third-order valence-corrected chi connectivity index (χ3v) is 6.09. The van der Waals surface area contributed by atoms with Crippen LogP contribution in [0.15, 0.2) is 47.8 Å². The average Bonchev–Trinajstić information content (AvgIpc) is 3.18. The monoisotopic (exact) mass is 410 g/mol. The molecule has 1 aromatic carbocycles. The van der Waals surface area contributed by atoms with Crippen LogP contribution in [0.5, 0.6) is 0 Å². The molecule has 4 heterocycles. The molecule has 0 amide bonds. The van der Waals surface area contributed by atoms with Crippen LogP contribution in [0.4, 0.5) is 0 Å². The maximum absolute atomic E-state index is 11.7. The lowest BCUT2D eigenvalue weighted by Crippen LogP contribution is -2.16. The number of fused-ring (bicyclic) bond motifs is 3. The summed E-state index contributed by atoms with van der Waals surface area (Å²) < 4.78 is 30.9. The molecule has 1 aliphatic rings. The summed E-state index contributed by atoms with van der Waals surface area (Å²) in [6.45, 7) is 1.42. The first-order chi connectivity index (χ1) is 14.0. The van der Waals surface area contributed by atoms with Crippen LogP contribution >= 0.6 is 0 Å². The Kier molecular flexibility index (Phi) is 4.26. The molecule has 2 N–H and O–H groups in total. The molecule has 0 saturated carbocycles. The number of nitrogens with two attached hydrogens (primary N) is 1. The number of aromatic nitrogens is 5. The van der Waals surface area contributed by atoms with Gasteiger partial charge in [-0.2, -0.15) is 0 Å². The van der Waals surface area contributed by atoms with E-state index in [4.69, 9.17) is 9.88 Å². The number of pyridine rings is 1. The van der Waals surface area contributed by atoms with Crippen molar-refractivity contribution in [1.82, 2.24) is 24.6 Å². The third-order valence-electron chi connectivity index (χ3n) is 5.21. The van der Waals surface area contributed by atoms with Gasteiger partial charge in [0.05, 0.1) is 17.2 Å². The minimum absolute atomic E-state index is 0.0291. The van der Waals surface area contributed by atoms with Gasteiger partial charge in [0, 0.05) is 37.1 Å². The highest BCUT2D eigenvalue weighted by Crippen LogP contribution is 2.30. The molecule has 10 heteroatoms. The number of rotatable bonds is 3. The zero-order valence-electron chi connectivity index (χ0n) is 15.4. The molecule has 0 radical (unpaired) electrons. The van der Waals surface area contributed by atoms with Gasteiger partial charge in [-0.15, -0.1) is 10.2 Å². The van der Waals surface area contributed by atoms with Crippen molar-refractivity contribution in [3.63, 3.8) is 0 Å². The Bertz CT molecular complexity index is 1330. The summed E-state index contributed by atoms with van der Waals surface area (Å²) in [6, 6.07) is 7.24. The molecule has 0 bridgehead atoms. The fraction of sp³-hybridized carbons (Fsp3) is 0.263. The second-order valence-corrected chi connectivity index (χ2v) is 8.62. The minimum atomic E-state index is -3.83. The van der Waals surface area contributed by atoms with Gasteiger partial charge in [0.2, 0.25) is 10.0 Å². The second-order valence-electron chi connectivity index (χ2n) is 7.05. The molecule has 0 aliphatic carbocycles. The SMILES string of the molecule is NS(=O)(=O)c1cncc(-c2ccc3ncc4nnc(C5CCOCC5)n4c3c2)c1. The maximum Gasteiger partial charge on any atom is 0.239 e. The van der Waals surface area contributed by atoms with Crippen LogP contribution < -0.4 is 5.14 Å². The Morgan fingerprint density at radius 3 is 2.66 bits per heavy atom. The first-order valence-corrected chi connectivity index (χ1v) is 10.7. The topological polar surface area (TPSA) is 125 Å². The fourth-order valence-corrected chi connectivity index (χ4v) is 4.21. The zero-order chi connectivity index (χ0) is 20.0. The zero-order valence-corrected chi connectivity index (χ0v) is 16.2. The molecule has 1 aliphatic heterocycles. The predicted molar refractivity (Wildman–Crippen MR) is 106 cm³/mol. The highest BCUT2D eigenvalue weighted by molar-refractivity contribution is 7.89. The van der Waals surface area contributed by atoms with Crippen LogP contribution in [-0.2, 0) is 14.8 Å². The second kappa shape index (κ2) is 6.83. The van der Waals surface area contributed by atoms with Crippen LogP contribution in [0, 0.1) is 0 Å². The quantitative estimate of drug-likeness (QED) is 0.546. The van der Waals surface area contributed by atoms with Gasteiger partial charge in [-0.1, -0.05) is 6.07 Å². The highest BCUT2D eigenvalue weighted by Gasteiger charge is 2.22. The van der Waals surface area contributed by atoms with E-state index in [0.717, 1.165) is 35.3 Å². The van der Waals surface area contributed by atoms with Crippen molar-refractivity contribution in [3.8, 4) is 11.1 Å². The Hall–Kier alpha value is -2.95. The van der Waals surface area contributed by atoms with Crippen LogP contribution in [0.3, 0.4) is 0 Å². The number of benzene rings is 1. The molecule has 1 saturated heterocycles. The molecule has 1 fully saturated rings. The summed E-state index contributed by atoms with van der Waals surface area (Å²) in [7, 11) is -3.83. The fourth-order valence-electron chi connectivity index (χ4n) is 3.71. The van der Waals surface area contributed by atoms with Gasteiger partial charge in [-0.3, -0.25) is 14.4 Å². The van der Waals surface area contributed by atoms with E-state index in [1.54, 1.807) is 12.4 Å². The lowest BCUT2D eigenvalue weighted by atomic mass is 9.99.